The monoisotopic (exact) mass is 424 g/mol. The van der Waals surface area contributed by atoms with Crippen LogP contribution in [0.1, 0.15) is 11.1 Å². The lowest BCUT2D eigenvalue weighted by Crippen LogP contribution is -2.36. The van der Waals surface area contributed by atoms with Crippen molar-refractivity contribution in [2.75, 3.05) is 12.4 Å². The molecule has 0 saturated carbocycles. The summed E-state index contributed by atoms with van der Waals surface area (Å²) in [7, 11) is 1.58. The van der Waals surface area contributed by atoms with Gasteiger partial charge in [-0.15, -0.1) is 0 Å². The molecule has 0 amide bonds. The molecule has 160 valence electrons. The van der Waals surface area contributed by atoms with Crippen LogP contribution in [0, 0.1) is 0 Å². The quantitative estimate of drug-likeness (QED) is 0.289. The number of carbonyl (C=O) groups is 1. The van der Waals surface area contributed by atoms with E-state index < -0.39 is 12.2 Å². The molecule has 0 aliphatic carbocycles. The number of benzene rings is 3. The van der Waals surface area contributed by atoms with Crippen molar-refractivity contribution < 1.29 is 18.3 Å². The third-order valence-corrected chi connectivity index (χ3v) is 4.61. The molecule has 3 rings (SSSR count). The number of anilines is 2. The van der Waals surface area contributed by atoms with Gasteiger partial charge in [0.25, 0.3) is 0 Å². The first-order chi connectivity index (χ1) is 15.0. The minimum absolute atomic E-state index is 0.0244. The number of guanidine groups is 1. The molecule has 0 spiro atoms. The molecule has 0 saturated heterocycles. The molecule has 3 aromatic rings. The lowest BCUT2D eigenvalue weighted by molar-refractivity contribution is -0.111. The number of carbonyl (C=O) groups excluding carboxylic acids is 1. The number of nitrogens with one attached hydrogen (secondary N) is 2. The Morgan fingerprint density at radius 1 is 1.00 bits per heavy atom. The van der Waals surface area contributed by atoms with Crippen LogP contribution in [0.25, 0.3) is 0 Å². The van der Waals surface area contributed by atoms with Crippen LogP contribution in [0.3, 0.4) is 0 Å². The third kappa shape index (κ3) is 5.16. The van der Waals surface area contributed by atoms with Crippen molar-refractivity contribution in [2.45, 2.75) is 12.2 Å². The van der Waals surface area contributed by atoms with Gasteiger partial charge in [0.15, 0.2) is 17.8 Å². The Bertz CT molecular complexity index is 1040. The van der Waals surface area contributed by atoms with Gasteiger partial charge in [-0.05, 0) is 47.5 Å². The molecule has 8 heteroatoms. The van der Waals surface area contributed by atoms with Gasteiger partial charge in [0, 0.05) is 18.4 Å². The van der Waals surface area contributed by atoms with Crippen molar-refractivity contribution in [1.82, 2.24) is 5.32 Å². The number of ether oxygens (including phenoxy) is 1. The fourth-order valence-corrected chi connectivity index (χ4v) is 3.12. The number of para-hydroxylation sites is 1. The molecule has 1 unspecified atom stereocenters. The summed E-state index contributed by atoms with van der Waals surface area (Å²) in [4.78, 5) is 16.9. The van der Waals surface area contributed by atoms with E-state index in [1.54, 1.807) is 25.2 Å². The number of rotatable bonds is 8. The summed E-state index contributed by atoms with van der Waals surface area (Å²) in [5.41, 5.74) is 7.02. The smallest absolute Gasteiger partial charge is 0.387 e. The maximum atomic E-state index is 12.5. The number of nitrogens with two attached hydrogens (primary N) is 1. The predicted octanol–water partition coefficient (Wildman–Crippen LogP) is 4.01. The summed E-state index contributed by atoms with van der Waals surface area (Å²) in [6, 6.07) is 22.5. The Balaban J connectivity index is 2.07. The molecule has 0 aromatic heterocycles. The SMILES string of the molecule is CN/C(N)=N\C(C=O)(c1ccc(OC(F)F)cc1)c1cccc(Nc2ccccc2)c1. The van der Waals surface area contributed by atoms with E-state index in [0.717, 1.165) is 11.4 Å². The predicted molar refractivity (Wildman–Crippen MR) is 117 cm³/mol. The molecule has 4 N–H and O–H groups in total. The molecular weight excluding hydrogens is 402 g/mol. The Kier molecular flexibility index (Phi) is 6.81. The van der Waals surface area contributed by atoms with Crippen LogP contribution in [-0.2, 0) is 10.3 Å². The van der Waals surface area contributed by atoms with Gasteiger partial charge in [0.2, 0.25) is 0 Å². The minimum Gasteiger partial charge on any atom is -0.435 e. The summed E-state index contributed by atoms with van der Waals surface area (Å²) in [6.07, 6.45) is 0.668. The van der Waals surface area contributed by atoms with Gasteiger partial charge in [-0.25, -0.2) is 4.99 Å². The molecule has 1 atom stereocenters. The Morgan fingerprint density at radius 3 is 2.29 bits per heavy atom. The van der Waals surface area contributed by atoms with Crippen LogP contribution in [-0.4, -0.2) is 25.9 Å². The second-order valence-corrected chi connectivity index (χ2v) is 6.61. The highest BCUT2D eigenvalue weighted by Gasteiger charge is 2.35. The number of aliphatic imine (C=N–C) groups is 1. The van der Waals surface area contributed by atoms with Gasteiger partial charge in [-0.1, -0.05) is 42.5 Å². The van der Waals surface area contributed by atoms with E-state index in [1.807, 2.05) is 36.4 Å². The summed E-state index contributed by atoms with van der Waals surface area (Å²) in [5, 5.41) is 5.99. The van der Waals surface area contributed by atoms with E-state index in [2.05, 4.69) is 20.4 Å². The highest BCUT2D eigenvalue weighted by atomic mass is 19.3. The number of aldehydes is 1. The van der Waals surface area contributed by atoms with Crippen molar-refractivity contribution in [3.05, 3.63) is 90.0 Å². The standard InChI is InChI=1S/C23H22F2N4O2/c1-27-22(26)29-23(15-30,16-10-12-20(13-11-16)31-21(24)25)17-6-5-9-19(14-17)28-18-7-3-2-4-8-18/h2-15,21,28H,1H3,(H3,26,27,29). The fraction of sp³-hybridized carbons (Fsp3) is 0.130. The molecule has 0 fully saturated rings. The zero-order valence-electron chi connectivity index (χ0n) is 16.8. The molecule has 3 aromatic carbocycles. The summed E-state index contributed by atoms with van der Waals surface area (Å²) >= 11 is 0. The van der Waals surface area contributed by atoms with Crippen LogP contribution in [0.15, 0.2) is 83.9 Å². The molecule has 0 bridgehead atoms. The zero-order chi connectivity index (χ0) is 22.3. The summed E-state index contributed by atoms with van der Waals surface area (Å²) in [5.74, 6) is 0.0186. The second kappa shape index (κ2) is 9.71. The van der Waals surface area contributed by atoms with E-state index >= 15 is 0 Å². The molecular formula is C23H22F2N4O2. The Hall–Kier alpha value is -3.94. The third-order valence-electron chi connectivity index (χ3n) is 4.61. The number of hydrogen-bond donors (Lipinski definition) is 3. The average Bonchev–Trinajstić information content (AvgIpc) is 2.78. The Morgan fingerprint density at radius 2 is 1.68 bits per heavy atom. The molecule has 0 heterocycles. The zero-order valence-corrected chi connectivity index (χ0v) is 16.8. The summed E-state index contributed by atoms with van der Waals surface area (Å²) in [6.45, 7) is -2.94. The Labute approximate surface area is 178 Å². The largest absolute Gasteiger partial charge is 0.435 e. The second-order valence-electron chi connectivity index (χ2n) is 6.61. The lowest BCUT2D eigenvalue weighted by atomic mass is 9.84. The van der Waals surface area contributed by atoms with Crippen molar-refractivity contribution in [3.63, 3.8) is 0 Å². The highest BCUT2D eigenvalue weighted by Crippen LogP contribution is 2.35. The van der Waals surface area contributed by atoms with Gasteiger partial charge < -0.3 is 21.1 Å². The van der Waals surface area contributed by atoms with Gasteiger partial charge in [-0.3, -0.25) is 4.79 Å². The number of alkyl halides is 2. The van der Waals surface area contributed by atoms with Crippen LogP contribution < -0.4 is 21.1 Å². The van der Waals surface area contributed by atoms with Gasteiger partial charge >= 0.3 is 6.61 Å². The minimum atomic E-state index is -2.94. The average molecular weight is 424 g/mol. The topological polar surface area (TPSA) is 88.7 Å². The summed E-state index contributed by atoms with van der Waals surface area (Å²) < 4.78 is 29.4. The van der Waals surface area contributed by atoms with E-state index in [4.69, 9.17) is 5.73 Å². The molecule has 31 heavy (non-hydrogen) atoms. The number of hydrogen-bond acceptors (Lipinski definition) is 4. The van der Waals surface area contributed by atoms with Gasteiger partial charge in [-0.2, -0.15) is 8.78 Å². The highest BCUT2D eigenvalue weighted by molar-refractivity contribution is 5.85. The fourth-order valence-electron chi connectivity index (χ4n) is 3.12. The van der Waals surface area contributed by atoms with Crippen molar-refractivity contribution in [1.29, 1.82) is 0 Å². The van der Waals surface area contributed by atoms with Crippen LogP contribution >= 0.6 is 0 Å². The van der Waals surface area contributed by atoms with Crippen molar-refractivity contribution >= 4 is 23.6 Å². The normalized spacial score (nSPS) is 13.4. The van der Waals surface area contributed by atoms with Gasteiger partial charge in [0.1, 0.15) is 5.75 Å². The lowest BCUT2D eigenvalue weighted by Gasteiger charge is -2.26. The van der Waals surface area contributed by atoms with Crippen molar-refractivity contribution in [2.24, 2.45) is 10.7 Å². The van der Waals surface area contributed by atoms with E-state index in [-0.39, 0.29) is 11.7 Å². The van der Waals surface area contributed by atoms with E-state index in [9.17, 15) is 13.6 Å². The van der Waals surface area contributed by atoms with Crippen LogP contribution in [0.5, 0.6) is 5.75 Å². The van der Waals surface area contributed by atoms with Crippen LogP contribution in [0.4, 0.5) is 20.2 Å². The van der Waals surface area contributed by atoms with E-state index in [0.29, 0.717) is 17.4 Å². The maximum Gasteiger partial charge on any atom is 0.387 e. The van der Waals surface area contributed by atoms with E-state index in [1.165, 1.54) is 24.3 Å². The first-order valence-corrected chi connectivity index (χ1v) is 9.44. The number of nitrogens with zero attached hydrogens (tertiary/aromatic N) is 1. The van der Waals surface area contributed by atoms with Crippen molar-refractivity contribution in [3.8, 4) is 5.75 Å². The molecule has 0 aliphatic heterocycles. The molecule has 0 aliphatic rings. The molecule has 6 nitrogen and oxygen atoms in total. The maximum absolute atomic E-state index is 12.5. The molecule has 0 radical (unpaired) electrons. The first kappa shape index (κ1) is 21.8. The number of halogens is 2. The van der Waals surface area contributed by atoms with Crippen LogP contribution in [0.2, 0.25) is 0 Å². The van der Waals surface area contributed by atoms with Gasteiger partial charge in [0.05, 0.1) is 0 Å². The first-order valence-electron chi connectivity index (χ1n) is 9.44.